The third-order valence-electron chi connectivity index (χ3n) is 7.09. The molecule has 0 saturated heterocycles. The molecule has 39 heavy (non-hydrogen) atoms. The monoisotopic (exact) mass is 560 g/mol. The molecule has 0 radical (unpaired) electrons. The molecule has 1 aromatic carbocycles. The number of rotatable bonds is 11. The number of hydrogen-bond donors (Lipinski definition) is 2. The van der Waals surface area contributed by atoms with Crippen molar-refractivity contribution >= 4 is 40.9 Å². The van der Waals surface area contributed by atoms with Crippen molar-refractivity contribution in [2.75, 3.05) is 49.1 Å². The van der Waals surface area contributed by atoms with Gasteiger partial charge in [-0.25, -0.2) is 14.2 Å². The van der Waals surface area contributed by atoms with Gasteiger partial charge in [-0.15, -0.1) is 0 Å². The molecule has 2 aromatic rings. The molecule has 12 heteroatoms. The number of nitrogens with zero attached hydrogens (tertiary/aromatic N) is 4. The third kappa shape index (κ3) is 6.25. The van der Waals surface area contributed by atoms with E-state index in [0.717, 1.165) is 25.7 Å². The smallest absolute Gasteiger partial charge is 0.330 e. The molecule has 210 valence electrons. The molecule has 10 nitrogen and oxygen atoms in total. The number of ketones is 1. The largest absolute Gasteiger partial charge is 0.497 e. The fourth-order valence-electron chi connectivity index (χ4n) is 4.88. The van der Waals surface area contributed by atoms with Gasteiger partial charge >= 0.3 is 6.03 Å². The second-order valence-corrected chi connectivity index (χ2v) is 9.97. The lowest BCUT2D eigenvalue weighted by Gasteiger charge is -2.37. The molecule has 2 unspecified atom stereocenters. The molecule has 1 aliphatic carbocycles. The van der Waals surface area contributed by atoms with Crippen molar-refractivity contribution in [3.05, 3.63) is 41.1 Å². The molecule has 0 bridgehead atoms. The summed E-state index contributed by atoms with van der Waals surface area (Å²) in [6, 6.07) is 2.90. The molecule has 2 atom stereocenters. The number of halogens is 2. The number of nitrogens with one attached hydrogen (secondary N) is 2. The first kappa shape index (κ1) is 28.6. The van der Waals surface area contributed by atoms with Gasteiger partial charge in [-0.3, -0.25) is 14.6 Å². The first-order chi connectivity index (χ1) is 18.8. The van der Waals surface area contributed by atoms with Crippen LogP contribution in [0.15, 0.2) is 30.5 Å². The molecule has 0 spiro atoms. The Hall–Kier alpha value is -3.44. The number of hydrogen-bond acceptors (Lipinski definition) is 8. The molecule has 1 aromatic heterocycles. The van der Waals surface area contributed by atoms with Crippen LogP contribution in [0.4, 0.5) is 26.6 Å². The van der Waals surface area contributed by atoms with E-state index in [9.17, 15) is 14.0 Å². The van der Waals surface area contributed by atoms with Crippen LogP contribution in [0.2, 0.25) is 5.02 Å². The molecule has 4 rings (SSSR count). The van der Waals surface area contributed by atoms with E-state index in [2.05, 4.69) is 27.2 Å². The lowest BCUT2D eigenvalue weighted by Crippen LogP contribution is -2.49. The summed E-state index contributed by atoms with van der Waals surface area (Å²) in [5, 5.41) is 7.06. The van der Waals surface area contributed by atoms with Gasteiger partial charge in [0.25, 0.3) is 0 Å². The van der Waals surface area contributed by atoms with Gasteiger partial charge < -0.3 is 20.1 Å². The normalized spacial score (nSPS) is 18.9. The molecule has 1 aliphatic heterocycles. The second kappa shape index (κ2) is 12.6. The number of carbonyl (C=O) groups excluding carboxylic acids is 2. The summed E-state index contributed by atoms with van der Waals surface area (Å²) >= 11 is 6.56. The number of anilines is 3. The van der Waals surface area contributed by atoms with Gasteiger partial charge in [-0.05, 0) is 19.8 Å². The maximum atomic E-state index is 13.6. The Balaban J connectivity index is 1.60. The molecule has 2 aliphatic rings. The van der Waals surface area contributed by atoms with Crippen LogP contribution < -0.4 is 29.9 Å². The number of aromatic nitrogens is 2. The maximum Gasteiger partial charge on any atom is 0.330 e. The van der Waals surface area contributed by atoms with Crippen LogP contribution in [-0.2, 0) is 11.3 Å². The first-order valence-electron chi connectivity index (χ1n) is 12.9. The highest BCUT2D eigenvalue weighted by Crippen LogP contribution is 2.41. The van der Waals surface area contributed by atoms with E-state index in [-0.39, 0.29) is 36.0 Å². The van der Waals surface area contributed by atoms with Crippen molar-refractivity contribution < 1.29 is 23.5 Å². The molecular weight excluding hydrogens is 527 g/mol. The summed E-state index contributed by atoms with van der Waals surface area (Å²) in [6.07, 6.45) is 5.57. The summed E-state index contributed by atoms with van der Waals surface area (Å²) in [6.45, 7) is 4.94. The predicted molar refractivity (Wildman–Crippen MR) is 149 cm³/mol. The van der Waals surface area contributed by atoms with Gasteiger partial charge in [-0.1, -0.05) is 31.0 Å². The highest BCUT2D eigenvalue weighted by atomic mass is 35.5. The van der Waals surface area contributed by atoms with Crippen molar-refractivity contribution in [3.63, 3.8) is 0 Å². The zero-order valence-corrected chi connectivity index (χ0v) is 23.2. The SMILES string of the molecule is C=C(CNC1CCCCC1Nc1ncc2c(n1)N(CCF)C(=O)N(c1cc(OC)cc(OC)c1Cl)C2)C(C)=O. The number of benzene rings is 1. The highest BCUT2D eigenvalue weighted by Gasteiger charge is 2.35. The average Bonchev–Trinajstić information content (AvgIpc) is 2.94. The second-order valence-electron chi connectivity index (χ2n) is 9.60. The van der Waals surface area contributed by atoms with Crippen LogP contribution >= 0.6 is 11.6 Å². The summed E-state index contributed by atoms with van der Waals surface area (Å²) in [7, 11) is 2.98. The molecular formula is C27H34ClFN6O4. The van der Waals surface area contributed by atoms with E-state index in [4.69, 9.17) is 21.1 Å². The molecule has 1 saturated carbocycles. The quantitative estimate of drug-likeness (QED) is 0.386. The van der Waals surface area contributed by atoms with Crippen LogP contribution in [0, 0.1) is 0 Å². The first-order valence-corrected chi connectivity index (χ1v) is 13.3. The van der Waals surface area contributed by atoms with Crippen molar-refractivity contribution in [2.24, 2.45) is 0 Å². The molecule has 2 N–H and O–H groups in total. The minimum atomic E-state index is -0.754. The third-order valence-corrected chi connectivity index (χ3v) is 7.47. The van der Waals surface area contributed by atoms with Crippen molar-refractivity contribution in [1.82, 2.24) is 15.3 Å². The standard InChI is InChI=1S/C27H34ClFN6O4/c1-16(17(2)36)13-30-20-7-5-6-8-21(20)32-26-31-14-18-15-35(27(37)34(10-9-29)25(18)33-26)22-11-19(38-3)12-23(39-4)24(22)28/h11-12,14,20-21,30H,1,5-10,13,15H2,2-4H3,(H,31,32,33). The van der Waals surface area contributed by atoms with Crippen molar-refractivity contribution in [3.8, 4) is 11.5 Å². The van der Waals surface area contributed by atoms with Crippen molar-refractivity contribution in [2.45, 2.75) is 51.2 Å². The lowest BCUT2D eigenvalue weighted by atomic mass is 9.90. The number of ether oxygens (including phenoxy) is 2. The van der Waals surface area contributed by atoms with Gasteiger partial charge in [0.15, 0.2) is 5.78 Å². The summed E-state index contributed by atoms with van der Waals surface area (Å²) in [4.78, 5) is 37.1. The van der Waals surface area contributed by atoms with Gasteiger partial charge in [0.1, 0.15) is 29.0 Å². The maximum absolute atomic E-state index is 13.6. The Morgan fingerprint density at radius 1 is 1.23 bits per heavy atom. The van der Waals surface area contributed by atoms with Gasteiger partial charge in [0, 0.05) is 48.1 Å². The minimum Gasteiger partial charge on any atom is -0.497 e. The Kier molecular flexibility index (Phi) is 9.24. The van der Waals surface area contributed by atoms with Crippen LogP contribution in [0.3, 0.4) is 0 Å². The van der Waals surface area contributed by atoms with Crippen molar-refractivity contribution in [1.29, 1.82) is 0 Å². The zero-order valence-electron chi connectivity index (χ0n) is 22.4. The highest BCUT2D eigenvalue weighted by molar-refractivity contribution is 6.35. The van der Waals surface area contributed by atoms with Gasteiger partial charge in [0.05, 0.1) is 33.0 Å². The number of urea groups is 1. The number of Topliss-reactive ketones (excluding diaryl/α,β-unsaturated/α-hetero) is 1. The summed E-state index contributed by atoms with van der Waals surface area (Å²) < 4.78 is 24.4. The Morgan fingerprint density at radius 3 is 2.64 bits per heavy atom. The van der Waals surface area contributed by atoms with E-state index in [1.165, 1.54) is 30.9 Å². The van der Waals surface area contributed by atoms with Crippen LogP contribution in [0.25, 0.3) is 0 Å². The van der Waals surface area contributed by atoms with E-state index in [1.807, 2.05) is 0 Å². The fourth-order valence-corrected chi connectivity index (χ4v) is 5.16. The fraction of sp³-hybridized carbons (Fsp3) is 0.481. The number of alkyl halides is 1. The zero-order chi connectivity index (χ0) is 28.1. The Bertz CT molecular complexity index is 1240. The Labute approximate surface area is 232 Å². The van der Waals surface area contributed by atoms with E-state index in [1.54, 1.807) is 18.3 Å². The molecule has 2 heterocycles. The summed E-state index contributed by atoms with van der Waals surface area (Å²) in [5.74, 6) is 1.47. The molecule has 2 amide bonds. The number of carbonyl (C=O) groups is 2. The molecule has 1 fully saturated rings. The number of amides is 2. The van der Waals surface area contributed by atoms with Gasteiger partial charge in [-0.2, -0.15) is 4.98 Å². The summed E-state index contributed by atoms with van der Waals surface area (Å²) in [5.41, 5.74) is 1.54. The number of fused-ring (bicyclic) bond motifs is 1. The topological polar surface area (TPSA) is 109 Å². The number of methoxy groups -OCH3 is 2. The predicted octanol–water partition coefficient (Wildman–Crippen LogP) is 4.52. The van der Waals surface area contributed by atoms with E-state index >= 15 is 0 Å². The minimum absolute atomic E-state index is 0.0185. The lowest BCUT2D eigenvalue weighted by molar-refractivity contribution is -0.113. The Morgan fingerprint density at radius 2 is 1.97 bits per heavy atom. The van der Waals surface area contributed by atoms with E-state index in [0.29, 0.717) is 46.6 Å². The van der Waals surface area contributed by atoms with Gasteiger partial charge in [0.2, 0.25) is 5.95 Å². The van der Waals surface area contributed by atoms with E-state index < -0.39 is 12.7 Å². The average molecular weight is 561 g/mol. The van der Waals surface area contributed by atoms with Crippen LogP contribution in [0.1, 0.15) is 38.2 Å². The van der Waals surface area contributed by atoms with Crippen LogP contribution in [0.5, 0.6) is 11.5 Å². The van der Waals surface area contributed by atoms with Crippen LogP contribution in [-0.4, -0.2) is 67.8 Å².